The molecule has 1 aliphatic heterocycles. The summed E-state index contributed by atoms with van der Waals surface area (Å²) in [6.07, 6.45) is 12.8. The van der Waals surface area contributed by atoms with Crippen LogP contribution in [0.25, 0.3) is 0 Å². The molecule has 1 saturated heterocycles. The van der Waals surface area contributed by atoms with Crippen molar-refractivity contribution in [2.24, 2.45) is 67.9 Å². The Hall–Kier alpha value is -1.97. The molecule has 300 valence electrons. The second kappa shape index (κ2) is 14.2. The average molecular weight is 740 g/mol. The average Bonchev–Trinajstić information content (AvgIpc) is 3.46. The van der Waals surface area contributed by atoms with E-state index in [1.807, 2.05) is 0 Å². The number of hydrazine groups is 1. The van der Waals surface area contributed by atoms with Crippen molar-refractivity contribution < 1.29 is 29.3 Å². The lowest BCUT2D eigenvalue weighted by molar-refractivity contribution is -0.250. The van der Waals surface area contributed by atoms with Gasteiger partial charge in [-0.05, 0) is 149 Å². The maximum atomic E-state index is 14.2. The molecule has 6 rings (SSSR count). The summed E-state index contributed by atoms with van der Waals surface area (Å²) >= 11 is 0. The van der Waals surface area contributed by atoms with E-state index in [9.17, 15) is 24.6 Å². The van der Waals surface area contributed by atoms with E-state index in [0.29, 0.717) is 42.6 Å². The molecule has 10 atom stereocenters. The Balaban J connectivity index is 1.21. The number of carboxylic acid groups (broad SMARTS) is 1. The molecule has 1 unspecified atom stereocenters. The largest absolute Gasteiger partial charge is 0.481 e. The zero-order valence-electron chi connectivity index (χ0n) is 34.5. The summed E-state index contributed by atoms with van der Waals surface area (Å²) < 4.78 is 6.19. The van der Waals surface area contributed by atoms with Crippen LogP contribution in [0.1, 0.15) is 145 Å². The second-order valence-corrected chi connectivity index (χ2v) is 21.0. The quantitative estimate of drug-likeness (QED) is 0.0686. The Morgan fingerprint density at radius 2 is 1.57 bits per heavy atom. The first-order chi connectivity index (χ1) is 24.7. The molecule has 9 heteroatoms. The molecule has 0 bridgehead atoms. The molecule has 6 fully saturated rings. The SMILES string of the molecule is C=C(C)[C@@H]1CCC2(CC(=O)N(N)C3CCN(CCO)CC3)CC[C@]3(C)[C@H](CC[C@@H]4[C@@]5(C)CC[C@H](OC(=O)CC(C)(C)C(=O)O)C(C)(C)[C@@H]5CC[C@]43C)[C@@H]12. The maximum absolute atomic E-state index is 14.2. The standard InChI is InChI=1S/C44H73N3O6/c1-28(2)30-12-19-44(26-35(49)47(45)29-15-22-46(23-16-29)24-25-48)21-20-42(8)31(37(30)44)10-11-33-41(7)17-14-34(53-36(50)27-39(3,4)38(51)52)40(5,6)32(41)13-18-43(33,42)9/h29-34,37,48H,1,10-27,45H2,2-9H3,(H,51,52)/t30-,31+,32-,33+,34-,37+,41-,42+,43+,44?/m0/s1. The van der Waals surface area contributed by atoms with Gasteiger partial charge in [0.25, 0.3) is 0 Å². The summed E-state index contributed by atoms with van der Waals surface area (Å²) in [4.78, 5) is 41.3. The Morgan fingerprint density at radius 1 is 0.887 bits per heavy atom. The molecule has 1 heterocycles. The first-order valence-electron chi connectivity index (χ1n) is 21.2. The van der Waals surface area contributed by atoms with Crippen LogP contribution in [0.5, 0.6) is 0 Å². The number of allylic oxidation sites excluding steroid dienone is 1. The van der Waals surface area contributed by atoms with Gasteiger partial charge in [-0.2, -0.15) is 0 Å². The number of amides is 1. The number of nitrogens with two attached hydrogens (primary N) is 1. The number of fused-ring (bicyclic) bond motifs is 7. The molecule has 0 aromatic heterocycles. The van der Waals surface area contributed by atoms with Crippen LogP contribution in [0, 0.1) is 62.1 Å². The monoisotopic (exact) mass is 740 g/mol. The number of β-amino-alcohol motifs (C(OH)–C–C–N with tert-alkyl or cyclic N) is 1. The van der Waals surface area contributed by atoms with Crippen LogP contribution in [0.4, 0.5) is 0 Å². The minimum absolute atomic E-state index is 0.0382. The first-order valence-corrected chi connectivity index (χ1v) is 21.2. The number of piperidine rings is 1. The summed E-state index contributed by atoms with van der Waals surface area (Å²) in [6.45, 7) is 25.0. The number of carbonyl (C=O) groups is 3. The number of rotatable bonds is 10. The third-order valence-corrected chi connectivity index (χ3v) is 17.8. The molecule has 0 aromatic rings. The molecule has 0 radical (unpaired) electrons. The zero-order valence-corrected chi connectivity index (χ0v) is 34.5. The molecular formula is C44H73N3O6. The molecule has 4 N–H and O–H groups in total. The lowest BCUT2D eigenvalue weighted by Crippen LogP contribution is -2.67. The van der Waals surface area contributed by atoms with E-state index in [2.05, 4.69) is 53.0 Å². The lowest BCUT2D eigenvalue weighted by Gasteiger charge is -2.73. The summed E-state index contributed by atoms with van der Waals surface area (Å²) in [7, 11) is 0. The van der Waals surface area contributed by atoms with Crippen molar-refractivity contribution in [3.63, 3.8) is 0 Å². The number of nitrogens with zero attached hydrogens (tertiary/aromatic N) is 2. The third-order valence-electron chi connectivity index (χ3n) is 17.8. The van der Waals surface area contributed by atoms with Gasteiger partial charge in [-0.25, -0.2) is 5.84 Å². The van der Waals surface area contributed by atoms with Crippen LogP contribution in [-0.2, 0) is 19.1 Å². The maximum Gasteiger partial charge on any atom is 0.309 e. The van der Waals surface area contributed by atoms with Gasteiger partial charge in [-0.15, -0.1) is 0 Å². The van der Waals surface area contributed by atoms with E-state index < -0.39 is 17.4 Å². The summed E-state index contributed by atoms with van der Waals surface area (Å²) in [5.74, 6) is 7.80. The Morgan fingerprint density at radius 3 is 2.19 bits per heavy atom. The summed E-state index contributed by atoms with van der Waals surface area (Å²) in [5, 5.41) is 20.6. The van der Waals surface area contributed by atoms with Crippen LogP contribution in [-0.4, -0.2) is 76.4 Å². The highest BCUT2D eigenvalue weighted by Gasteiger charge is 2.71. The third kappa shape index (κ3) is 6.62. The highest BCUT2D eigenvalue weighted by Crippen LogP contribution is 2.78. The predicted octanol–water partition coefficient (Wildman–Crippen LogP) is 7.61. The van der Waals surface area contributed by atoms with Gasteiger partial charge in [0.15, 0.2) is 0 Å². The Labute approximate surface area is 320 Å². The fourth-order valence-corrected chi connectivity index (χ4v) is 14.6. The van der Waals surface area contributed by atoms with Crippen molar-refractivity contribution in [2.75, 3.05) is 26.2 Å². The molecule has 53 heavy (non-hydrogen) atoms. The number of ether oxygens (including phenoxy) is 1. The van der Waals surface area contributed by atoms with Crippen molar-refractivity contribution in [1.29, 1.82) is 0 Å². The van der Waals surface area contributed by atoms with Gasteiger partial charge in [0.05, 0.1) is 24.5 Å². The van der Waals surface area contributed by atoms with Crippen LogP contribution >= 0.6 is 0 Å². The van der Waals surface area contributed by atoms with Crippen molar-refractivity contribution in [3.8, 4) is 0 Å². The molecule has 0 aromatic carbocycles. The highest BCUT2D eigenvalue weighted by atomic mass is 16.5. The van der Waals surface area contributed by atoms with Crippen LogP contribution in [0.2, 0.25) is 0 Å². The van der Waals surface area contributed by atoms with Gasteiger partial charge >= 0.3 is 11.9 Å². The van der Waals surface area contributed by atoms with Gasteiger partial charge in [0.1, 0.15) is 6.10 Å². The van der Waals surface area contributed by atoms with E-state index in [0.717, 1.165) is 77.3 Å². The van der Waals surface area contributed by atoms with E-state index >= 15 is 0 Å². The summed E-state index contributed by atoms with van der Waals surface area (Å²) in [6, 6.07) is 0.0595. The summed E-state index contributed by atoms with van der Waals surface area (Å²) in [5.41, 5.74) is 0.305. The molecule has 1 amide bonds. The number of esters is 1. The number of hydrogen-bond donors (Lipinski definition) is 3. The van der Waals surface area contributed by atoms with Gasteiger partial charge in [0.2, 0.25) is 5.91 Å². The van der Waals surface area contributed by atoms with Crippen molar-refractivity contribution in [3.05, 3.63) is 12.2 Å². The minimum Gasteiger partial charge on any atom is -0.481 e. The fraction of sp³-hybridized carbons (Fsp3) is 0.886. The normalized spacial score (nSPS) is 41.3. The number of carbonyl (C=O) groups excluding carboxylic acids is 2. The molecule has 5 aliphatic carbocycles. The van der Waals surface area contributed by atoms with E-state index in [1.165, 1.54) is 18.4 Å². The fourth-order valence-electron chi connectivity index (χ4n) is 14.6. The Kier molecular flexibility index (Phi) is 10.9. The van der Waals surface area contributed by atoms with E-state index in [1.54, 1.807) is 18.9 Å². The number of aliphatic hydroxyl groups is 1. The van der Waals surface area contributed by atoms with Crippen molar-refractivity contribution in [1.82, 2.24) is 9.91 Å². The van der Waals surface area contributed by atoms with Crippen molar-refractivity contribution in [2.45, 2.75) is 157 Å². The van der Waals surface area contributed by atoms with Crippen LogP contribution in [0.15, 0.2) is 12.2 Å². The van der Waals surface area contributed by atoms with Crippen molar-refractivity contribution >= 4 is 17.8 Å². The second-order valence-electron chi connectivity index (χ2n) is 21.0. The first kappa shape index (κ1) is 40.7. The van der Waals surface area contributed by atoms with Gasteiger partial charge in [0, 0.05) is 31.5 Å². The number of aliphatic carboxylic acids is 1. The van der Waals surface area contributed by atoms with Gasteiger partial charge in [-0.1, -0.05) is 46.8 Å². The van der Waals surface area contributed by atoms with Gasteiger partial charge in [-0.3, -0.25) is 19.4 Å². The number of aliphatic hydroxyl groups excluding tert-OH is 1. The lowest BCUT2D eigenvalue weighted by atomic mass is 9.32. The van der Waals surface area contributed by atoms with E-state index in [4.69, 9.17) is 10.6 Å². The number of likely N-dealkylation sites (tertiary alicyclic amines) is 1. The molecule has 9 nitrogen and oxygen atoms in total. The Bertz CT molecular complexity index is 1440. The predicted molar refractivity (Wildman–Crippen MR) is 207 cm³/mol. The topological polar surface area (TPSA) is 133 Å². The smallest absolute Gasteiger partial charge is 0.309 e. The van der Waals surface area contributed by atoms with Crippen LogP contribution < -0.4 is 5.84 Å². The molecule has 0 spiro atoms. The minimum atomic E-state index is -1.15. The molecule has 6 aliphatic rings. The van der Waals surface area contributed by atoms with E-state index in [-0.39, 0.29) is 58.2 Å². The zero-order chi connectivity index (χ0) is 38.9. The molecular weight excluding hydrogens is 666 g/mol. The number of hydrogen-bond acceptors (Lipinski definition) is 7. The van der Waals surface area contributed by atoms with Crippen LogP contribution in [0.3, 0.4) is 0 Å². The number of carboxylic acids is 1. The highest BCUT2D eigenvalue weighted by molar-refractivity contribution is 5.81. The molecule has 5 saturated carbocycles. The van der Waals surface area contributed by atoms with Gasteiger partial charge < -0.3 is 19.8 Å².